The highest BCUT2D eigenvalue weighted by atomic mass is 32.2. The van der Waals surface area contributed by atoms with Crippen molar-refractivity contribution in [3.05, 3.63) is 29.1 Å². The van der Waals surface area contributed by atoms with Crippen LogP contribution in [0.25, 0.3) is 0 Å². The lowest BCUT2D eigenvalue weighted by molar-refractivity contribution is 0.159. The van der Waals surface area contributed by atoms with E-state index >= 15 is 0 Å². The van der Waals surface area contributed by atoms with E-state index in [1.165, 1.54) is 4.90 Å². The molecule has 1 nitrogen and oxygen atoms in total. The number of halogens is 1. The van der Waals surface area contributed by atoms with Gasteiger partial charge in [-0.05, 0) is 37.1 Å². The van der Waals surface area contributed by atoms with Gasteiger partial charge in [-0.25, -0.2) is 4.39 Å². The third-order valence-corrected chi connectivity index (χ3v) is 4.91. The molecule has 0 spiro atoms. The van der Waals surface area contributed by atoms with Crippen molar-refractivity contribution < 1.29 is 9.13 Å². The Bertz CT molecular complexity index is 336. The number of rotatable bonds is 1. The van der Waals surface area contributed by atoms with Crippen molar-refractivity contribution in [1.29, 1.82) is 0 Å². The average Bonchev–Trinajstić information content (AvgIpc) is 2.26. The average molecular weight is 227 g/mol. The third kappa shape index (κ3) is 2.34. The van der Waals surface area contributed by atoms with E-state index in [0.29, 0.717) is 0 Å². The Morgan fingerprint density at radius 3 is 2.20 bits per heavy atom. The summed E-state index contributed by atoms with van der Waals surface area (Å²) in [6.07, 6.45) is 0. The van der Waals surface area contributed by atoms with Gasteiger partial charge in [0, 0.05) is 10.9 Å². The molecule has 0 radical (unpaired) electrons. The van der Waals surface area contributed by atoms with Crippen molar-refractivity contribution in [1.82, 2.24) is 0 Å². The molecule has 15 heavy (non-hydrogen) atoms. The van der Waals surface area contributed by atoms with Gasteiger partial charge in [0.2, 0.25) is 0 Å². The number of hydrogen-bond acceptors (Lipinski definition) is 1. The predicted octanol–water partition coefficient (Wildman–Crippen LogP) is 2.45. The Labute approximate surface area is 93.0 Å². The zero-order chi connectivity index (χ0) is 10.8. The van der Waals surface area contributed by atoms with Crippen LogP contribution in [0.15, 0.2) is 17.0 Å². The van der Waals surface area contributed by atoms with Gasteiger partial charge in [0.25, 0.3) is 0 Å². The largest absolute Gasteiger partial charge is 0.372 e. The maximum Gasteiger partial charge on any atom is 0.155 e. The highest BCUT2D eigenvalue weighted by Crippen LogP contribution is 2.22. The summed E-state index contributed by atoms with van der Waals surface area (Å²) >= 11 is 0. The molecule has 0 amide bonds. The Morgan fingerprint density at radius 2 is 1.67 bits per heavy atom. The summed E-state index contributed by atoms with van der Waals surface area (Å²) in [6.45, 7) is 5.38. The molecule has 0 unspecified atom stereocenters. The summed E-state index contributed by atoms with van der Waals surface area (Å²) in [4.78, 5) is 1.30. The van der Waals surface area contributed by atoms with Crippen molar-refractivity contribution in [2.45, 2.75) is 18.7 Å². The smallest absolute Gasteiger partial charge is 0.155 e. The molecule has 0 aliphatic carbocycles. The van der Waals surface area contributed by atoms with Crippen LogP contribution in [-0.2, 0) is 15.6 Å². The van der Waals surface area contributed by atoms with Crippen LogP contribution in [-0.4, -0.2) is 24.7 Å². The molecule has 0 atom stereocenters. The first-order valence-electron chi connectivity index (χ1n) is 5.20. The zero-order valence-corrected chi connectivity index (χ0v) is 9.99. The molecule has 0 bridgehead atoms. The van der Waals surface area contributed by atoms with E-state index in [-0.39, 0.29) is 16.7 Å². The summed E-state index contributed by atoms with van der Waals surface area (Å²) in [5.41, 5.74) is 1.54. The second kappa shape index (κ2) is 4.54. The van der Waals surface area contributed by atoms with E-state index in [0.717, 1.165) is 35.8 Å². The molecule has 1 aromatic rings. The lowest BCUT2D eigenvalue weighted by Crippen LogP contribution is -2.26. The standard InChI is InChI=1S/C12H16FOS/c1-9-7-11(8-10(2)12(9)13)15-5-3-14-4-6-15/h7-8H,3-6H2,1-2H3/q+1. The van der Waals surface area contributed by atoms with E-state index in [2.05, 4.69) is 0 Å². The minimum absolute atomic E-state index is 0.0596. The SMILES string of the molecule is Cc1cc([S+]2CCOCC2)cc(C)c1F. The molecule has 1 aromatic carbocycles. The Balaban J connectivity index is 2.27. The van der Waals surface area contributed by atoms with Gasteiger partial charge in [0.05, 0.1) is 13.2 Å². The van der Waals surface area contributed by atoms with Crippen LogP contribution in [0, 0.1) is 19.7 Å². The molecule has 0 aromatic heterocycles. The van der Waals surface area contributed by atoms with Crippen molar-refractivity contribution in [3.63, 3.8) is 0 Å². The fourth-order valence-corrected chi connectivity index (χ4v) is 3.83. The lowest BCUT2D eigenvalue weighted by Gasteiger charge is -2.15. The van der Waals surface area contributed by atoms with Crippen LogP contribution in [0.4, 0.5) is 4.39 Å². The maximum atomic E-state index is 13.5. The first-order chi connectivity index (χ1) is 7.18. The lowest BCUT2D eigenvalue weighted by atomic mass is 10.1. The molecule has 1 heterocycles. The zero-order valence-electron chi connectivity index (χ0n) is 9.18. The minimum atomic E-state index is -0.0596. The number of hydrogen-bond donors (Lipinski definition) is 0. The molecular formula is C12H16FOS+. The van der Waals surface area contributed by atoms with Crippen molar-refractivity contribution in [2.24, 2.45) is 0 Å². The van der Waals surface area contributed by atoms with Gasteiger partial charge in [-0.15, -0.1) is 0 Å². The minimum Gasteiger partial charge on any atom is -0.372 e. The van der Waals surface area contributed by atoms with Crippen LogP contribution in [0.3, 0.4) is 0 Å². The van der Waals surface area contributed by atoms with Gasteiger partial charge >= 0.3 is 0 Å². The van der Waals surface area contributed by atoms with Gasteiger partial charge < -0.3 is 4.74 Å². The summed E-state index contributed by atoms with van der Waals surface area (Å²) in [5.74, 6) is 2.12. The van der Waals surface area contributed by atoms with Crippen LogP contribution in [0.5, 0.6) is 0 Å². The third-order valence-electron chi connectivity index (χ3n) is 2.69. The van der Waals surface area contributed by atoms with Crippen molar-refractivity contribution >= 4 is 10.9 Å². The highest BCUT2D eigenvalue weighted by molar-refractivity contribution is 7.97. The van der Waals surface area contributed by atoms with Gasteiger partial charge in [0.1, 0.15) is 17.3 Å². The van der Waals surface area contributed by atoms with E-state index in [9.17, 15) is 4.39 Å². The molecule has 1 fully saturated rings. The first-order valence-corrected chi connectivity index (χ1v) is 6.77. The normalized spacial score (nSPS) is 18.1. The van der Waals surface area contributed by atoms with Crippen LogP contribution < -0.4 is 0 Å². The Morgan fingerprint density at radius 1 is 1.13 bits per heavy atom. The van der Waals surface area contributed by atoms with Crippen LogP contribution >= 0.6 is 0 Å². The fourth-order valence-electron chi connectivity index (χ4n) is 1.83. The summed E-state index contributed by atoms with van der Waals surface area (Å²) in [7, 11) is 0.271. The number of ether oxygens (including phenoxy) is 1. The van der Waals surface area contributed by atoms with Gasteiger partial charge in [-0.1, -0.05) is 0 Å². The van der Waals surface area contributed by atoms with Crippen LogP contribution in [0.1, 0.15) is 11.1 Å². The monoisotopic (exact) mass is 227 g/mol. The van der Waals surface area contributed by atoms with Gasteiger partial charge in [-0.2, -0.15) is 0 Å². The Kier molecular flexibility index (Phi) is 3.32. The van der Waals surface area contributed by atoms with E-state index < -0.39 is 0 Å². The summed E-state index contributed by atoms with van der Waals surface area (Å²) < 4.78 is 18.8. The molecule has 3 heteroatoms. The molecule has 0 N–H and O–H groups in total. The fraction of sp³-hybridized carbons (Fsp3) is 0.500. The second-order valence-corrected chi connectivity index (χ2v) is 6.16. The topological polar surface area (TPSA) is 9.23 Å². The van der Waals surface area contributed by atoms with Crippen molar-refractivity contribution in [3.8, 4) is 0 Å². The van der Waals surface area contributed by atoms with E-state index in [1.54, 1.807) is 0 Å². The highest BCUT2D eigenvalue weighted by Gasteiger charge is 2.26. The van der Waals surface area contributed by atoms with E-state index in [1.807, 2.05) is 26.0 Å². The second-order valence-electron chi connectivity index (χ2n) is 3.88. The Hall–Kier alpha value is -0.540. The molecule has 1 aliphatic rings. The molecule has 0 saturated carbocycles. The summed E-state index contributed by atoms with van der Waals surface area (Å²) in [6, 6.07) is 3.99. The molecule has 1 saturated heterocycles. The van der Waals surface area contributed by atoms with Gasteiger partial charge in [0.15, 0.2) is 4.90 Å². The maximum absolute atomic E-state index is 13.5. The number of benzene rings is 1. The molecule has 2 rings (SSSR count). The van der Waals surface area contributed by atoms with E-state index in [4.69, 9.17) is 4.74 Å². The predicted molar refractivity (Wildman–Crippen MR) is 62.1 cm³/mol. The van der Waals surface area contributed by atoms with Gasteiger partial charge in [-0.3, -0.25) is 0 Å². The number of aryl methyl sites for hydroxylation is 2. The van der Waals surface area contributed by atoms with Crippen molar-refractivity contribution in [2.75, 3.05) is 24.7 Å². The first kappa shape index (κ1) is 11.0. The summed E-state index contributed by atoms with van der Waals surface area (Å²) in [5, 5.41) is 0. The molecule has 1 aliphatic heterocycles. The molecular weight excluding hydrogens is 211 g/mol. The molecule has 82 valence electrons. The van der Waals surface area contributed by atoms with Crippen LogP contribution in [0.2, 0.25) is 0 Å². The quantitative estimate of drug-likeness (QED) is 0.670.